The quantitative estimate of drug-likeness (QED) is 0.523. The number of carbonyl (C=O) groups excluding carboxylic acids is 1. The number of rotatable bonds is 13. The molecule has 6 nitrogen and oxygen atoms in total. The fraction of sp³-hybridized carbons (Fsp3) is 0.588. The number of carbonyl (C=O) groups is 1. The van der Waals surface area contributed by atoms with Crippen molar-refractivity contribution in [3.63, 3.8) is 0 Å². The summed E-state index contributed by atoms with van der Waals surface area (Å²) in [4.78, 5) is 11.9. The molecule has 1 atom stereocenters. The highest BCUT2D eigenvalue weighted by Crippen LogP contribution is 2.01. The molecule has 1 aromatic carbocycles. The highest BCUT2D eigenvalue weighted by Gasteiger charge is 2.13. The summed E-state index contributed by atoms with van der Waals surface area (Å²) in [5.74, 6) is -0.162. The van der Waals surface area contributed by atoms with Crippen molar-refractivity contribution in [1.29, 1.82) is 0 Å². The molecule has 0 heterocycles. The average molecular weight is 324 g/mol. The molecule has 0 saturated heterocycles. The van der Waals surface area contributed by atoms with Gasteiger partial charge in [0.15, 0.2) is 0 Å². The van der Waals surface area contributed by atoms with Gasteiger partial charge in [0.05, 0.1) is 39.1 Å². The van der Waals surface area contributed by atoms with Gasteiger partial charge < -0.3 is 25.3 Å². The zero-order valence-corrected chi connectivity index (χ0v) is 13.8. The van der Waals surface area contributed by atoms with Crippen LogP contribution in [0.15, 0.2) is 30.3 Å². The third-order valence-corrected chi connectivity index (χ3v) is 3.13. The number of nitrogens with two attached hydrogens (primary N) is 1. The standard InChI is InChI=1S/C17H28N2O4/c1-2-21-10-11-23-13-12-22-9-8-19-17(20)16(18)14-15-6-4-3-5-7-15/h3-7,16H,2,8-14,18H2,1H3,(H,19,20)/t16-/m0/s1. The van der Waals surface area contributed by atoms with Crippen molar-refractivity contribution in [2.75, 3.05) is 46.2 Å². The summed E-state index contributed by atoms with van der Waals surface area (Å²) in [6.07, 6.45) is 0.529. The Hall–Kier alpha value is -1.47. The maximum atomic E-state index is 11.9. The van der Waals surface area contributed by atoms with Crippen LogP contribution in [0.25, 0.3) is 0 Å². The van der Waals surface area contributed by atoms with E-state index in [-0.39, 0.29) is 5.91 Å². The Morgan fingerprint density at radius 3 is 2.30 bits per heavy atom. The summed E-state index contributed by atoms with van der Waals surface area (Å²) in [5, 5.41) is 2.77. The highest BCUT2D eigenvalue weighted by molar-refractivity contribution is 5.81. The maximum absolute atomic E-state index is 11.9. The molecule has 1 rings (SSSR count). The van der Waals surface area contributed by atoms with Gasteiger partial charge >= 0.3 is 0 Å². The summed E-state index contributed by atoms with van der Waals surface area (Å²) >= 11 is 0. The smallest absolute Gasteiger partial charge is 0.237 e. The number of benzene rings is 1. The molecule has 0 radical (unpaired) electrons. The van der Waals surface area contributed by atoms with Crippen molar-refractivity contribution in [3.8, 4) is 0 Å². The summed E-state index contributed by atoms with van der Waals surface area (Å²) < 4.78 is 15.8. The topological polar surface area (TPSA) is 82.8 Å². The first-order chi connectivity index (χ1) is 11.2. The zero-order valence-electron chi connectivity index (χ0n) is 13.8. The van der Waals surface area contributed by atoms with E-state index < -0.39 is 6.04 Å². The second-order valence-corrected chi connectivity index (χ2v) is 5.01. The lowest BCUT2D eigenvalue weighted by molar-refractivity contribution is -0.122. The molecular weight excluding hydrogens is 296 g/mol. The summed E-state index contributed by atoms with van der Waals surface area (Å²) in [6.45, 7) is 5.73. The van der Waals surface area contributed by atoms with Crippen LogP contribution < -0.4 is 11.1 Å². The minimum Gasteiger partial charge on any atom is -0.379 e. The van der Waals surface area contributed by atoms with E-state index >= 15 is 0 Å². The molecule has 0 saturated carbocycles. The fourth-order valence-corrected chi connectivity index (χ4v) is 1.92. The van der Waals surface area contributed by atoms with Gasteiger partial charge in [-0.1, -0.05) is 30.3 Å². The maximum Gasteiger partial charge on any atom is 0.237 e. The summed E-state index contributed by atoms with van der Waals surface area (Å²) in [5.41, 5.74) is 6.94. The Bertz CT molecular complexity index is 414. The first-order valence-corrected chi connectivity index (χ1v) is 8.04. The summed E-state index contributed by atoms with van der Waals surface area (Å²) in [6, 6.07) is 9.18. The van der Waals surface area contributed by atoms with Crippen molar-refractivity contribution in [3.05, 3.63) is 35.9 Å². The first kappa shape index (κ1) is 19.6. The van der Waals surface area contributed by atoms with E-state index in [4.69, 9.17) is 19.9 Å². The molecule has 23 heavy (non-hydrogen) atoms. The molecule has 0 fully saturated rings. The molecule has 1 aromatic rings. The van der Waals surface area contributed by atoms with Crippen LogP contribution in [0.3, 0.4) is 0 Å². The molecule has 0 bridgehead atoms. The van der Waals surface area contributed by atoms with Gasteiger partial charge in [-0.25, -0.2) is 0 Å². The van der Waals surface area contributed by atoms with Gasteiger partial charge in [0.1, 0.15) is 0 Å². The molecule has 0 aliphatic carbocycles. The number of nitrogens with one attached hydrogen (secondary N) is 1. The molecule has 3 N–H and O–H groups in total. The first-order valence-electron chi connectivity index (χ1n) is 8.04. The summed E-state index contributed by atoms with van der Waals surface area (Å²) in [7, 11) is 0. The molecule has 0 aliphatic rings. The van der Waals surface area contributed by atoms with E-state index in [9.17, 15) is 4.79 Å². The highest BCUT2D eigenvalue weighted by atomic mass is 16.5. The van der Waals surface area contributed by atoms with E-state index in [2.05, 4.69) is 5.32 Å². The molecule has 130 valence electrons. The van der Waals surface area contributed by atoms with Crippen molar-refractivity contribution in [1.82, 2.24) is 5.32 Å². The van der Waals surface area contributed by atoms with Gasteiger partial charge in [0, 0.05) is 13.2 Å². The number of amides is 1. The van der Waals surface area contributed by atoms with Crippen molar-refractivity contribution >= 4 is 5.91 Å². The lowest BCUT2D eigenvalue weighted by Gasteiger charge is -2.12. The Labute approximate surface area is 138 Å². The van der Waals surface area contributed by atoms with E-state index in [1.807, 2.05) is 37.3 Å². The molecule has 1 amide bonds. The van der Waals surface area contributed by atoms with Crippen molar-refractivity contribution in [2.24, 2.45) is 5.73 Å². The third kappa shape index (κ3) is 10.0. The minimum atomic E-state index is -0.542. The molecule has 0 unspecified atom stereocenters. The molecule has 0 spiro atoms. The van der Waals surface area contributed by atoms with Gasteiger partial charge in [-0.3, -0.25) is 4.79 Å². The lowest BCUT2D eigenvalue weighted by Crippen LogP contribution is -2.43. The van der Waals surface area contributed by atoms with Crippen LogP contribution in [0.4, 0.5) is 0 Å². The van der Waals surface area contributed by atoms with Crippen LogP contribution in [-0.2, 0) is 25.4 Å². The fourth-order valence-electron chi connectivity index (χ4n) is 1.92. The Kier molecular flexibility index (Phi) is 11.1. The van der Waals surface area contributed by atoms with Crippen LogP contribution in [-0.4, -0.2) is 58.1 Å². The van der Waals surface area contributed by atoms with Gasteiger partial charge in [-0.05, 0) is 18.9 Å². The predicted molar refractivity (Wildman–Crippen MR) is 89.3 cm³/mol. The SMILES string of the molecule is CCOCCOCCOCCNC(=O)[C@@H](N)Cc1ccccc1. The van der Waals surface area contributed by atoms with Gasteiger partial charge in [0.2, 0.25) is 5.91 Å². The van der Waals surface area contributed by atoms with Crippen molar-refractivity contribution in [2.45, 2.75) is 19.4 Å². The van der Waals surface area contributed by atoms with Gasteiger partial charge in [0.25, 0.3) is 0 Å². The van der Waals surface area contributed by atoms with Gasteiger partial charge in [-0.15, -0.1) is 0 Å². The van der Waals surface area contributed by atoms with Crippen LogP contribution in [0.1, 0.15) is 12.5 Å². The Morgan fingerprint density at radius 1 is 1.04 bits per heavy atom. The molecule has 6 heteroatoms. The van der Waals surface area contributed by atoms with Gasteiger partial charge in [-0.2, -0.15) is 0 Å². The van der Waals surface area contributed by atoms with Crippen LogP contribution in [0.5, 0.6) is 0 Å². The number of hydrogen-bond acceptors (Lipinski definition) is 5. The van der Waals surface area contributed by atoms with Crippen LogP contribution >= 0.6 is 0 Å². The Balaban J connectivity index is 1.97. The lowest BCUT2D eigenvalue weighted by atomic mass is 10.1. The van der Waals surface area contributed by atoms with E-state index in [0.717, 1.165) is 5.56 Å². The van der Waals surface area contributed by atoms with Crippen LogP contribution in [0.2, 0.25) is 0 Å². The molecule has 0 aliphatic heterocycles. The van der Waals surface area contributed by atoms with Crippen molar-refractivity contribution < 1.29 is 19.0 Å². The third-order valence-electron chi connectivity index (χ3n) is 3.13. The monoisotopic (exact) mass is 324 g/mol. The van der Waals surface area contributed by atoms with E-state index in [1.54, 1.807) is 0 Å². The van der Waals surface area contributed by atoms with E-state index in [1.165, 1.54) is 0 Å². The predicted octanol–water partition coefficient (Wildman–Crippen LogP) is 0.742. The normalized spacial score (nSPS) is 12.1. The van der Waals surface area contributed by atoms with E-state index in [0.29, 0.717) is 52.6 Å². The number of hydrogen-bond donors (Lipinski definition) is 2. The second-order valence-electron chi connectivity index (χ2n) is 5.01. The van der Waals surface area contributed by atoms with Crippen LogP contribution in [0, 0.1) is 0 Å². The second kappa shape index (κ2) is 13.0. The molecule has 0 aromatic heterocycles. The minimum absolute atomic E-state index is 0.162. The number of ether oxygens (including phenoxy) is 3. The zero-order chi connectivity index (χ0) is 16.8. The Morgan fingerprint density at radius 2 is 1.65 bits per heavy atom. The largest absolute Gasteiger partial charge is 0.379 e. The molecular formula is C17H28N2O4. The average Bonchev–Trinajstić information content (AvgIpc) is 2.57.